The van der Waals surface area contributed by atoms with Crippen LogP contribution in [0.15, 0.2) is 18.2 Å². The second-order valence-electron chi connectivity index (χ2n) is 5.50. The molecule has 3 N–H and O–H groups in total. The maximum atomic E-state index is 11.5. The van der Waals surface area contributed by atoms with E-state index in [-0.39, 0.29) is 6.42 Å². The molecule has 0 aliphatic carbocycles. The average Bonchev–Trinajstić information content (AvgIpc) is 2.27. The highest BCUT2D eigenvalue weighted by Gasteiger charge is 2.48. The summed E-state index contributed by atoms with van der Waals surface area (Å²) in [5.74, 6) is -0.429. The Morgan fingerprint density at radius 1 is 1.50 bits per heavy atom. The Labute approximate surface area is 107 Å². The van der Waals surface area contributed by atoms with Gasteiger partial charge in [-0.1, -0.05) is 13.0 Å². The molecular formula is C14H19NO3. The number of rotatable bonds is 2. The number of fused-ring (bicyclic) bond motifs is 1. The van der Waals surface area contributed by atoms with Gasteiger partial charge in [0.2, 0.25) is 0 Å². The van der Waals surface area contributed by atoms with Gasteiger partial charge in [-0.3, -0.25) is 0 Å². The van der Waals surface area contributed by atoms with E-state index in [0.29, 0.717) is 11.3 Å². The fraction of sp³-hybridized carbons (Fsp3) is 0.500. The molecule has 0 spiro atoms. The zero-order valence-corrected chi connectivity index (χ0v) is 11.0. The number of benzene rings is 1. The smallest absolute Gasteiger partial charge is 0.328 e. The molecule has 1 heterocycles. The lowest BCUT2D eigenvalue weighted by Crippen LogP contribution is -2.54. The molecule has 0 fully saturated rings. The van der Waals surface area contributed by atoms with Crippen LogP contribution in [0.2, 0.25) is 0 Å². The normalized spacial score (nSPS) is 25.1. The first kappa shape index (κ1) is 12.9. The molecule has 1 aromatic carbocycles. The molecule has 1 aliphatic heterocycles. The number of aliphatic carboxylic acids is 1. The van der Waals surface area contributed by atoms with Gasteiger partial charge in [0, 0.05) is 12.0 Å². The first-order valence-corrected chi connectivity index (χ1v) is 6.13. The number of carbonyl (C=O) groups is 1. The van der Waals surface area contributed by atoms with Crippen LogP contribution in [0.1, 0.15) is 38.3 Å². The van der Waals surface area contributed by atoms with Crippen molar-refractivity contribution in [2.75, 3.05) is 0 Å². The highest BCUT2D eigenvalue weighted by atomic mass is 16.5. The van der Waals surface area contributed by atoms with Crippen LogP contribution in [-0.4, -0.2) is 16.7 Å². The molecule has 0 aromatic heterocycles. The first-order valence-electron chi connectivity index (χ1n) is 6.13. The van der Waals surface area contributed by atoms with E-state index in [1.807, 2.05) is 39.0 Å². The lowest BCUT2D eigenvalue weighted by atomic mass is 9.78. The monoisotopic (exact) mass is 249 g/mol. The molecule has 4 heteroatoms. The van der Waals surface area contributed by atoms with Crippen molar-refractivity contribution in [2.45, 2.75) is 44.8 Å². The Kier molecular flexibility index (Phi) is 2.86. The largest absolute Gasteiger partial charge is 0.487 e. The quantitative estimate of drug-likeness (QED) is 0.841. The molecule has 1 atom stereocenters. The number of carboxylic acid groups (broad SMARTS) is 1. The van der Waals surface area contributed by atoms with Crippen molar-refractivity contribution in [1.29, 1.82) is 0 Å². The van der Waals surface area contributed by atoms with Gasteiger partial charge < -0.3 is 15.6 Å². The van der Waals surface area contributed by atoms with Crippen molar-refractivity contribution in [3.8, 4) is 5.75 Å². The molecule has 18 heavy (non-hydrogen) atoms. The predicted molar refractivity (Wildman–Crippen MR) is 68.6 cm³/mol. The summed E-state index contributed by atoms with van der Waals surface area (Å²) in [6, 6.07) is 5.61. The molecule has 0 amide bonds. The van der Waals surface area contributed by atoms with Gasteiger partial charge in [-0.15, -0.1) is 0 Å². The Morgan fingerprint density at radius 3 is 2.72 bits per heavy atom. The maximum absolute atomic E-state index is 11.5. The molecule has 0 saturated carbocycles. The molecule has 98 valence electrons. The van der Waals surface area contributed by atoms with E-state index >= 15 is 0 Å². The molecule has 1 aromatic rings. The Bertz CT molecular complexity index is 496. The van der Waals surface area contributed by atoms with Crippen LogP contribution in [0.3, 0.4) is 0 Å². The maximum Gasteiger partial charge on any atom is 0.328 e. The van der Waals surface area contributed by atoms with Gasteiger partial charge >= 0.3 is 5.97 Å². The topological polar surface area (TPSA) is 72.6 Å². The molecule has 2 rings (SSSR count). The van der Waals surface area contributed by atoms with Gasteiger partial charge in [0.25, 0.3) is 0 Å². The summed E-state index contributed by atoms with van der Waals surface area (Å²) >= 11 is 0. The van der Waals surface area contributed by atoms with Crippen LogP contribution in [0, 0.1) is 0 Å². The minimum Gasteiger partial charge on any atom is -0.487 e. The summed E-state index contributed by atoms with van der Waals surface area (Å²) in [5, 5.41) is 9.46. The van der Waals surface area contributed by atoms with Crippen molar-refractivity contribution in [2.24, 2.45) is 5.73 Å². The summed E-state index contributed by atoms with van der Waals surface area (Å²) in [5.41, 5.74) is 5.83. The number of hydrogen-bond acceptors (Lipinski definition) is 3. The number of hydrogen-bond donors (Lipinski definition) is 2. The van der Waals surface area contributed by atoms with E-state index in [2.05, 4.69) is 0 Å². The third kappa shape index (κ3) is 1.97. The SMILES string of the molecule is CCc1ccc2c(c1)C(N)(C(=O)O)CC(C)(C)O2. The van der Waals surface area contributed by atoms with Crippen LogP contribution in [0.25, 0.3) is 0 Å². The highest BCUT2D eigenvalue weighted by molar-refractivity contribution is 5.82. The Hall–Kier alpha value is -1.55. The Balaban J connectivity index is 2.61. The molecule has 1 aliphatic rings. The number of nitrogens with two attached hydrogens (primary N) is 1. The summed E-state index contributed by atoms with van der Waals surface area (Å²) in [6.07, 6.45) is 1.10. The Morgan fingerprint density at radius 2 is 2.17 bits per heavy atom. The standard InChI is InChI=1S/C14H19NO3/c1-4-9-5-6-11-10(7-9)14(15,12(16)17)8-13(2,3)18-11/h5-7H,4,8,15H2,1-3H3,(H,16,17). The van der Waals surface area contributed by atoms with Gasteiger partial charge in [-0.2, -0.15) is 0 Å². The van der Waals surface area contributed by atoms with E-state index in [1.165, 1.54) is 0 Å². The van der Waals surface area contributed by atoms with Crippen LogP contribution < -0.4 is 10.5 Å². The lowest BCUT2D eigenvalue weighted by Gasteiger charge is -2.41. The van der Waals surface area contributed by atoms with Crippen molar-refractivity contribution in [3.63, 3.8) is 0 Å². The van der Waals surface area contributed by atoms with Gasteiger partial charge in [-0.25, -0.2) is 4.79 Å². The van der Waals surface area contributed by atoms with Crippen molar-refractivity contribution >= 4 is 5.97 Å². The summed E-state index contributed by atoms with van der Waals surface area (Å²) in [6.45, 7) is 5.73. The van der Waals surface area contributed by atoms with Gasteiger partial charge in [0.05, 0.1) is 0 Å². The second-order valence-corrected chi connectivity index (χ2v) is 5.50. The fourth-order valence-electron chi connectivity index (χ4n) is 2.53. The van der Waals surface area contributed by atoms with Crippen LogP contribution in [0.4, 0.5) is 0 Å². The van der Waals surface area contributed by atoms with Crippen LogP contribution >= 0.6 is 0 Å². The number of carboxylic acids is 1. The third-order valence-electron chi connectivity index (χ3n) is 3.41. The van der Waals surface area contributed by atoms with E-state index < -0.39 is 17.1 Å². The van der Waals surface area contributed by atoms with Crippen LogP contribution in [-0.2, 0) is 16.8 Å². The zero-order valence-electron chi connectivity index (χ0n) is 11.0. The molecule has 0 saturated heterocycles. The van der Waals surface area contributed by atoms with E-state index in [4.69, 9.17) is 10.5 Å². The average molecular weight is 249 g/mol. The van der Waals surface area contributed by atoms with Crippen molar-refractivity contribution in [3.05, 3.63) is 29.3 Å². The summed E-state index contributed by atoms with van der Waals surface area (Å²) < 4.78 is 5.82. The lowest BCUT2D eigenvalue weighted by molar-refractivity contribution is -0.147. The summed E-state index contributed by atoms with van der Waals surface area (Å²) in [4.78, 5) is 11.5. The van der Waals surface area contributed by atoms with E-state index in [1.54, 1.807) is 0 Å². The van der Waals surface area contributed by atoms with Gasteiger partial charge in [0.1, 0.15) is 16.9 Å². The number of aryl methyl sites for hydroxylation is 1. The van der Waals surface area contributed by atoms with Crippen LogP contribution in [0.5, 0.6) is 5.75 Å². The van der Waals surface area contributed by atoms with E-state index in [0.717, 1.165) is 12.0 Å². The zero-order chi connectivity index (χ0) is 13.6. The first-order chi connectivity index (χ1) is 8.28. The minimum atomic E-state index is -1.37. The predicted octanol–water partition coefficient (Wildman–Crippen LogP) is 2.05. The number of ether oxygens (including phenoxy) is 1. The summed E-state index contributed by atoms with van der Waals surface area (Å²) in [7, 11) is 0. The third-order valence-corrected chi connectivity index (χ3v) is 3.41. The minimum absolute atomic E-state index is 0.259. The molecule has 1 unspecified atom stereocenters. The fourth-order valence-corrected chi connectivity index (χ4v) is 2.53. The van der Waals surface area contributed by atoms with Crippen molar-refractivity contribution < 1.29 is 14.6 Å². The molecule has 0 bridgehead atoms. The molecular weight excluding hydrogens is 230 g/mol. The van der Waals surface area contributed by atoms with Gasteiger partial charge in [-0.05, 0) is 38.0 Å². The highest BCUT2D eigenvalue weighted by Crippen LogP contribution is 2.42. The second kappa shape index (κ2) is 3.99. The van der Waals surface area contributed by atoms with E-state index in [9.17, 15) is 9.90 Å². The van der Waals surface area contributed by atoms with Gasteiger partial charge in [0.15, 0.2) is 0 Å². The molecule has 0 radical (unpaired) electrons. The molecule has 4 nitrogen and oxygen atoms in total. The van der Waals surface area contributed by atoms with Crippen molar-refractivity contribution in [1.82, 2.24) is 0 Å².